The predicted molar refractivity (Wildman–Crippen MR) is 65.1 cm³/mol. The summed E-state index contributed by atoms with van der Waals surface area (Å²) < 4.78 is 0. The van der Waals surface area contributed by atoms with Gasteiger partial charge in [0, 0.05) is 13.1 Å². The number of nitrogens with zero attached hydrogens (tertiary/aromatic N) is 3. The van der Waals surface area contributed by atoms with E-state index in [1.807, 2.05) is 0 Å². The fourth-order valence-corrected chi connectivity index (χ4v) is 2.18. The molecule has 0 bridgehead atoms. The Bertz CT molecular complexity index is 341. The summed E-state index contributed by atoms with van der Waals surface area (Å²) in [5.41, 5.74) is 2.53. The molecular weight excluding hydrogens is 202 g/mol. The Hall–Kier alpha value is -1.36. The fraction of sp³-hybridized carbons (Fsp3) is 0.636. The van der Waals surface area contributed by atoms with Crippen LogP contribution in [0.5, 0.6) is 0 Å². The molecule has 0 aliphatic carbocycles. The minimum atomic E-state index is 0.621. The molecule has 0 aromatic carbocycles. The van der Waals surface area contributed by atoms with E-state index in [2.05, 4.69) is 27.2 Å². The molecule has 1 aromatic heterocycles. The van der Waals surface area contributed by atoms with Crippen LogP contribution in [-0.4, -0.2) is 23.1 Å². The van der Waals surface area contributed by atoms with Crippen LogP contribution in [0.4, 0.5) is 11.6 Å². The first kappa shape index (κ1) is 11.1. The number of nitrogens with two attached hydrogens (primary N) is 1. The molecule has 5 nitrogen and oxygen atoms in total. The molecule has 5 heteroatoms. The summed E-state index contributed by atoms with van der Waals surface area (Å²) in [5.74, 6) is 7.66. The standard InChI is InChI=1S/C11H19N5/c1-2-9-4-3-5-16(8-9)11-7-13-6-10(14-11)15-12/h6-7,9H,2-5,8,12H2,1H3,(H,14,15). The highest BCUT2D eigenvalue weighted by atomic mass is 15.3. The zero-order valence-corrected chi connectivity index (χ0v) is 9.69. The van der Waals surface area contributed by atoms with Gasteiger partial charge in [-0.05, 0) is 18.8 Å². The first-order valence-electron chi connectivity index (χ1n) is 5.87. The number of piperidine rings is 1. The Morgan fingerprint density at radius 3 is 3.19 bits per heavy atom. The van der Waals surface area contributed by atoms with Crippen molar-refractivity contribution in [1.29, 1.82) is 0 Å². The maximum absolute atomic E-state index is 5.33. The van der Waals surface area contributed by atoms with Gasteiger partial charge in [-0.15, -0.1) is 0 Å². The van der Waals surface area contributed by atoms with Crippen LogP contribution in [0.15, 0.2) is 12.4 Å². The van der Waals surface area contributed by atoms with Gasteiger partial charge >= 0.3 is 0 Å². The number of hydrogen-bond donors (Lipinski definition) is 2. The van der Waals surface area contributed by atoms with Crippen molar-refractivity contribution in [3.8, 4) is 0 Å². The lowest BCUT2D eigenvalue weighted by Crippen LogP contribution is -2.35. The SMILES string of the molecule is CCC1CCCN(c2cncc(NN)n2)C1. The molecule has 2 heterocycles. The average Bonchev–Trinajstić information content (AvgIpc) is 2.39. The highest BCUT2D eigenvalue weighted by Crippen LogP contribution is 2.23. The molecule has 0 radical (unpaired) electrons. The molecule has 1 fully saturated rings. The van der Waals surface area contributed by atoms with Gasteiger partial charge in [0.1, 0.15) is 5.82 Å². The quantitative estimate of drug-likeness (QED) is 0.596. The molecule has 0 amide bonds. The molecule has 3 N–H and O–H groups in total. The van der Waals surface area contributed by atoms with Gasteiger partial charge < -0.3 is 10.3 Å². The molecule has 1 atom stereocenters. The van der Waals surface area contributed by atoms with Gasteiger partial charge in [0.15, 0.2) is 5.82 Å². The number of hydrazine groups is 1. The third kappa shape index (κ3) is 2.41. The lowest BCUT2D eigenvalue weighted by Gasteiger charge is -2.33. The van der Waals surface area contributed by atoms with E-state index in [0.29, 0.717) is 5.82 Å². The van der Waals surface area contributed by atoms with Crippen molar-refractivity contribution in [2.45, 2.75) is 26.2 Å². The van der Waals surface area contributed by atoms with Gasteiger partial charge in [-0.25, -0.2) is 10.8 Å². The second-order valence-corrected chi connectivity index (χ2v) is 4.27. The molecule has 88 valence electrons. The van der Waals surface area contributed by atoms with Crippen molar-refractivity contribution in [3.05, 3.63) is 12.4 Å². The zero-order valence-electron chi connectivity index (χ0n) is 9.69. The summed E-state index contributed by atoms with van der Waals surface area (Å²) in [6.07, 6.45) is 7.23. The van der Waals surface area contributed by atoms with E-state index < -0.39 is 0 Å². The van der Waals surface area contributed by atoms with Gasteiger partial charge in [0.25, 0.3) is 0 Å². The summed E-state index contributed by atoms with van der Waals surface area (Å²) in [4.78, 5) is 10.8. The molecule has 1 aliphatic heterocycles. The maximum Gasteiger partial charge on any atom is 0.160 e. The predicted octanol–water partition coefficient (Wildman–Crippen LogP) is 1.39. The summed E-state index contributed by atoms with van der Waals surface area (Å²) >= 11 is 0. The lowest BCUT2D eigenvalue weighted by atomic mass is 9.96. The molecule has 1 aromatic rings. The largest absolute Gasteiger partial charge is 0.355 e. The number of rotatable bonds is 3. The second-order valence-electron chi connectivity index (χ2n) is 4.27. The second kappa shape index (κ2) is 5.12. The monoisotopic (exact) mass is 221 g/mol. The smallest absolute Gasteiger partial charge is 0.160 e. The third-order valence-electron chi connectivity index (χ3n) is 3.19. The first-order valence-corrected chi connectivity index (χ1v) is 5.87. The van der Waals surface area contributed by atoms with E-state index >= 15 is 0 Å². The number of nitrogens with one attached hydrogen (secondary N) is 1. The van der Waals surface area contributed by atoms with Crippen LogP contribution in [-0.2, 0) is 0 Å². The number of aromatic nitrogens is 2. The Morgan fingerprint density at radius 2 is 2.44 bits per heavy atom. The lowest BCUT2D eigenvalue weighted by molar-refractivity contribution is 0.403. The summed E-state index contributed by atoms with van der Waals surface area (Å²) in [6.45, 7) is 4.40. The maximum atomic E-state index is 5.33. The van der Waals surface area contributed by atoms with Gasteiger partial charge in [-0.1, -0.05) is 13.3 Å². The van der Waals surface area contributed by atoms with Crippen molar-refractivity contribution in [2.24, 2.45) is 11.8 Å². The number of nitrogen functional groups attached to an aromatic ring is 1. The van der Waals surface area contributed by atoms with Crippen LogP contribution >= 0.6 is 0 Å². The van der Waals surface area contributed by atoms with E-state index in [1.165, 1.54) is 19.3 Å². The molecule has 1 saturated heterocycles. The number of hydrogen-bond acceptors (Lipinski definition) is 5. The topological polar surface area (TPSA) is 67.1 Å². The van der Waals surface area contributed by atoms with E-state index in [-0.39, 0.29) is 0 Å². The van der Waals surface area contributed by atoms with Gasteiger partial charge in [0.05, 0.1) is 12.4 Å². The minimum absolute atomic E-state index is 0.621. The first-order chi connectivity index (χ1) is 7.83. The van der Waals surface area contributed by atoms with Crippen LogP contribution in [0.2, 0.25) is 0 Å². The molecule has 2 rings (SSSR count). The van der Waals surface area contributed by atoms with Crippen molar-refractivity contribution >= 4 is 11.6 Å². The Kier molecular flexibility index (Phi) is 3.56. The minimum Gasteiger partial charge on any atom is -0.355 e. The molecule has 0 spiro atoms. The van der Waals surface area contributed by atoms with Crippen LogP contribution in [0.25, 0.3) is 0 Å². The Balaban J connectivity index is 2.10. The molecule has 1 aliphatic rings. The van der Waals surface area contributed by atoms with E-state index in [4.69, 9.17) is 5.84 Å². The van der Waals surface area contributed by atoms with Crippen LogP contribution in [0, 0.1) is 5.92 Å². The summed E-state index contributed by atoms with van der Waals surface area (Å²) in [7, 11) is 0. The summed E-state index contributed by atoms with van der Waals surface area (Å²) in [6, 6.07) is 0. The zero-order chi connectivity index (χ0) is 11.4. The third-order valence-corrected chi connectivity index (χ3v) is 3.19. The average molecular weight is 221 g/mol. The molecular formula is C11H19N5. The van der Waals surface area contributed by atoms with Crippen LogP contribution in [0.1, 0.15) is 26.2 Å². The molecule has 16 heavy (non-hydrogen) atoms. The van der Waals surface area contributed by atoms with Gasteiger partial charge in [-0.2, -0.15) is 0 Å². The molecule has 1 unspecified atom stereocenters. The van der Waals surface area contributed by atoms with Crippen LogP contribution < -0.4 is 16.2 Å². The molecule has 0 saturated carbocycles. The highest BCUT2D eigenvalue weighted by Gasteiger charge is 2.19. The van der Waals surface area contributed by atoms with Crippen molar-refractivity contribution in [3.63, 3.8) is 0 Å². The van der Waals surface area contributed by atoms with E-state index in [1.54, 1.807) is 12.4 Å². The van der Waals surface area contributed by atoms with Gasteiger partial charge in [0.2, 0.25) is 0 Å². The van der Waals surface area contributed by atoms with Crippen molar-refractivity contribution in [2.75, 3.05) is 23.4 Å². The Labute approximate surface area is 96.0 Å². The number of anilines is 2. The Morgan fingerprint density at radius 1 is 1.56 bits per heavy atom. The van der Waals surface area contributed by atoms with Crippen molar-refractivity contribution < 1.29 is 0 Å². The highest BCUT2D eigenvalue weighted by molar-refractivity contribution is 5.43. The van der Waals surface area contributed by atoms with E-state index in [0.717, 1.165) is 24.8 Å². The van der Waals surface area contributed by atoms with E-state index in [9.17, 15) is 0 Å². The van der Waals surface area contributed by atoms with Crippen molar-refractivity contribution in [1.82, 2.24) is 9.97 Å². The van der Waals surface area contributed by atoms with Gasteiger partial charge in [-0.3, -0.25) is 4.98 Å². The normalized spacial score (nSPS) is 20.9. The fourth-order valence-electron chi connectivity index (χ4n) is 2.18. The summed E-state index contributed by atoms with van der Waals surface area (Å²) in [5, 5.41) is 0. The van der Waals surface area contributed by atoms with Crippen LogP contribution in [0.3, 0.4) is 0 Å².